The van der Waals surface area contributed by atoms with Crippen LogP contribution < -0.4 is 10.9 Å². The number of rotatable bonds is 2. The van der Waals surface area contributed by atoms with Gasteiger partial charge in [0.25, 0.3) is 5.91 Å². The maximum absolute atomic E-state index is 12.4. The van der Waals surface area contributed by atoms with Crippen molar-refractivity contribution >= 4 is 22.6 Å². The van der Waals surface area contributed by atoms with Crippen molar-refractivity contribution in [2.45, 2.75) is 13.8 Å². The summed E-state index contributed by atoms with van der Waals surface area (Å²) < 4.78 is 0. The first-order valence-electron chi connectivity index (χ1n) is 6.51. The summed E-state index contributed by atoms with van der Waals surface area (Å²) in [6, 6.07) is 8.48. The fourth-order valence-electron chi connectivity index (χ4n) is 2.17. The Hall–Kier alpha value is -2.89. The van der Waals surface area contributed by atoms with E-state index < -0.39 is 0 Å². The van der Waals surface area contributed by atoms with Crippen LogP contribution >= 0.6 is 0 Å². The second-order valence-corrected chi connectivity index (χ2v) is 4.87. The van der Waals surface area contributed by atoms with E-state index in [9.17, 15) is 9.59 Å². The molecular formula is C15H14N4O2. The van der Waals surface area contributed by atoms with Gasteiger partial charge in [-0.3, -0.25) is 14.7 Å². The van der Waals surface area contributed by atoms with E-state index in [2.05, 4.69) is 20.5 Å². The van der Waals surface area contributed by atoms with E-state index in [0.717, 1.165) is 11.3 Å². The molecule has 0 aliphatic heterocycles. The molecule has 2 aromatic heterocycles. The summed E-state index contributed by atoms with van der Waals surface area (Å²) in [4.78, 5) is 26.8. The standard InChI is InChI=1S/C15H14N4O2/c1-8-9(2)18-19-14(8)17-15(21)11-7-13(20)16-12-6-4-3-5-10(11)12/h3-7H,1-2H3,(H,16,20)(H2,17,18,19,21). The third-order valence-corrected chi connectivity index (χ3v) is 3.48. The van der Waals surface area contributed by atoms with E-state index in [1.165, 1.54) is 6.07 Å². The van der Waals surface area contributed by atoms with Crippen LogP contribution in [0, 0.1) is 13.8 Å². The summed E-state index contributed by atoms with van der Waals surface area (Å²) in [5.41, 5.74) is 2.41. The fraction of sp³-hybridized carbons (Fsp3) is 0.133. The molecule has 6 heteroatoms. The maximum atomic E-state index is 12.4. The predicted molar refractivity (Wildman–Crippen MR) is 80.6 cm³/mol. The van der Waals surface area contributed by atoms with Crippen molar-refractivity contribution in [2.24, 2.45) is 0 Å². The number of fused-ring (bicyclic) bond motifs is 1. The Kier molecular flexibility index (Phi) is 3.06. The molecule has 0 aliphatic carbocycles. The number of aryl methyl sites for hydroxylation is 1. The molecule has 6 nitrogen and oxygen atoms in total. The number of carbonyl (C=O) groups excluding carboxylic acids is 1. The molecule has 3 rings (SSSR count). The molecule has 21 heavy (non-hydrogen) atoms. The Morgan fingerprint density at radius 3 is 2.71 bits per heavy atom. The van der Waals surface area contributed by atoms with Crippen LogP contribution in [0.25, 0.3) is 10.9 Å². The summed E-state index contributed by atoms with van der Waals surface area (Å²) >= 11 is 0. The molecule has 1 aromatic carbocycles. The Balaban J connectivity index is 2.06. The van der Waals surface area contributed by atoms with Crippen molar-refractivity contribution in [3.05, 3.63) is 57.5 Å². The zero-order valence-corrected chi connectivity index (χ0v) is 11.7. The van der Waals surface area contributed by atoms with E-state index in [4.69, 9.17) is 0 Å². The highest BCUT2D eigenvalue weighted by atomic mass is 16.2. The molecule has 0 unspecified atom stereocenters. The van der Waals surface area contributed by atoms with Crippen molar-refractivity contribution < 1.29 is 4.79 Å². The lowest BCUT2D eigenvalue weighted by Crippen LogP contribution is -2.17. The molecule has 0 aliphatic rings. The molecule has 3 N–H and O–H groups in total. The molecule has 1 amide bonds. The number of hydrogen-bond acceptors (Lipinski definition) is 3. The van der Waals surface area contributed by atoms with Crippen molar-refractivity contribution in [2.75, 3.05) is 5.32 Å². The molecule has 0 saturated heterocycles. The average molecular weight is 282 g/mol. The zero-order chi connectivity index (χ0) is 15.0. The van der Waals surface area contributed by atoms with Crippen LogP contribution in [-0.2, 0) is 0 Å². The molecule has 106 valence electrons. The summed E-state index contributed by atoms with van der Waals surface area (Å²) in [6.07, 6.45) is 0. The van der Waals surface area contributed by atoms with Crippen molar-refractivity contribution in [1.82, 2.24) is 15.2 Å². The van der Waals surface area contributed by atoms with Crippen LogP contribution in [0.3, 0.4) is 0 Å². The second-order valence-electron chi connectivity index (χ2n) is 4.87. The van der Waals surface area contributed by atoms with E-state index >= 15 is 0 Å². The van der Waals surface area contributed by atoms with Crippen molar-refractivity contribution in [3.8, 4) is 0 Å². The normalized spacial score (nSPS) is 10.8. The first-order valence-corrected chi connectivity index (χ1v) is 6.51. The Morgan fingerprint density at radius 2 is 2.00 bits per heavy atom. The maximum Gasteiger partial charge on any atom is 0.257 e. The minimum Gasteiger partial charge on any atom is -0.322 e. The van der Waals surface area contributed by atoms with Gasteiger partial charge >= 0.3 is 0 Å². The summed E-state index contributed by atoms with van der Waals surface area (Å²) in [6.45, 7) is 3.74. The van der Waals surface area contributed by atoms with Gasteiger partial charge in [-0.1, -0.05) is 18.2 Å². The number of anilines is 1. The van der Waals surface area contributed by atoms with Gasteiger partial charge in [-0.2, -0.15) is 5.10 Å². The van der Waals surface area contributed by atoms with Gasteiger partial charge in [-0.25, -0.2) is 0 Å². The fourth-order valence-corrected chi connectivity index (χ4v) is 2.17. The zero-order valence-electron chi connectivity index (χ0n) is 11.7. The van der Waals surface area contributed by atoms with Gasteiger partial charge in [0.05, 0.1) is 5.56 Å². The van der Waals surface area contributed by atoms with Gasteiger partial charge in [-0.05, 0) is 19.9 Å². The number of carbonyl (C=O) groups is 1. The van der Waals surface area contributed by atoms with E-state index in [1.807, 2.05) is 19.9 Å². The molecule has 3 aromatic rings. The van der Waals surface area contributed by atoms with Crippen molar-refractivity contribution in [3.63, 3.8) is 0 Å². The summed E-state index contributed by atoms with van der Waals surface area (Å²) in [5.74, 6) is 0.119. The molecule has 0 fully saturated rings. The first kappa shape index (κ1) is 13.1. The topological polar surface area (TPSA) is 90.6 Å². The number of aromatic nitrogens is 3. The molecular weight excluding hydrogens is 268 g/mol. The van der Waals surface area contributed by atoms with E-state index in [-0.39, 0.29) is 11.5 Å². The highest BCUT2D eigenvalue weighted by Crippen LogP contribution is 2.18. The van der Waals surface area contributed by atoms with Gasteiger partial charge in [0.1, 0.15) is 0 Å². The molecule has 0 bridgehead atoms. The molecule has 0 atom stereocenters. The van der Waals surface area contributed by atoms with Crippen LogP contribution in [-0.4, -0.2) is 21.1 Å². The average Bonchev–Trinajstić information content (AvgIpc) is 2.78. The molecule has 2 heterocycles. The SMILES string of the molecule is Cc1[nH]nc(NC(=O)c2cc(=O)[nH]c3ccccc23)c1C. The smallest absolute Gasteiger partial charge is 0.257 e. The van der Waals surface area contributed by atoms with Crippen LogP contribution in [0.15, 0.2) is 35.1 Å². The second kappa shape index (κ2) is 4.90. The highest BCUT2D eigenvalue weighted by molar-refractivity contribution is 6.12. The first-order chi connectivity index (χ1) is 10.1. The van der Waals surface area contributed by atoms with E-state index in [1.54, 1.807) is 18.2 Å². The van der Waals surface area contributed by atoms with Gasteiger partial charge < -0.3 is 10.3 Å². The number of amides is 1. The van der Waals surface area contributed by atoms with E-state index in [0.29, 0.717) is 22.3 Å². The van der Waals surface area contributed by atoms with Gasteiger partial charge in [0, 0.05) is 28.2 Å². The van der Waals surface area contributed by atoms with Crippen LogP contribution in [0.4, 0.5) is 5.82 Å². The summed E-state index contributed by atoms with van der Waals surface area (Å²) in [7, 11) is 0. The lowest BCUT2D eigenvalue weighted by molar-refractivity contribution is 0.102. The van der Waals surface area contributed by atoms with Crippen LogP contribution in [0.2, 0.25) is 0 Å². The van der Waals surface area contributed by atoms with Gasteiger partial charge in [-0.15, -0.1) is 0 Å². The summed E-state index contributed by atoms with van der Waals surface area (Å²) in [5, 5.41) is 10.3. The number of nitrogens with one attached hydrogen (secondary N) is 3. The third-order valence-electron chi connectivity index (χ3n) is 3.48. The van der Waals surface area contributed by atoms with Crippen molar-refractivity contribution in [1.29, 1.82) is 0 Å². The Bertz CT molecular complexity index is 892. The van der Waals surface area contributed by atoms with Gasteiger partial charge in [0.2, 0.25) is 5.56 Å². The monoisotopic (exact) mass is 282 g/mol. The number of benzene rings is 1. The minimum atomic E-state index is -0.355. The Morgan fingerprint density at radius 1 is 1.24 bits per heavy atom. The minimum absolute atomic E-state index is 0.311. The van der Waals surface area contributed by atoms with Gasteiger partial charge in [0.15, 0.2) is 5.82 Å². The number of hydrogen-bond donors (Lipinski definition) is 3. The lowest BCUT2D eigenvalue weighted by atomic mass is 10.1. The number of aromatic amines is 2. The molecule has 0 radical (unpaired) electrons. The predicted octanol–water partition coefficient (Wildman–Crippen LogP) is 2.12. The molecule has 0 spiro atoms. The number of pyridine rings is 1. The molecule has 0 saturated carbocycles. The number of H-pyrrole nitrogens is 2. The van der Waals surface area contributed by atoms with Crippen LogP contribution in [0.1, 0.15) is 21.6 Å². The number of para-hydroxylation sites is 1. The largest absolute Gasteiger partial charge is 0.322 e. The third kappa shape index (κ3) is 2.31. The Labute approximate surface area is 120 Å². The lowest BCUT2D eigenvalue weighted by Gasteiger charge is -2.06. The number of nitrogens with zero attached hydrogens (tertiary/aromatic N) is 1. The highest BCUT2D eigenvalue weighted by Gasteiger charge is 2.14. The van der Waals surface area contributed by atoms with Crippen LogP contribution in [0.5, 0.6) is 0 Å². The quantitative estimate of drug-likeness (QED) is 0.672.